The molecule has 0 fully saturated rings. The van der Waals surface area contributed by atoms with Gasteiger partial charge in [-0.3, -0.25) is 9.59 Å². The van der Waals surface area contributed by atoms with Gasteiger partial charge in [-0.05, 0) is 25.5 Å². The first-order valence-corrected chi connectivity index (χ1v) is 7.70. The van der Waals surface area contributed by atoms with Crippen LogP contribution in [0.25, 0.3) is 0 Å². The highest BCUT2D eigenvalue weighted by Gasteiger charge is 2.21. The average Bonchev–Trinajstić information content (AvgIpc) is 3.05. The number of aromatic nitrogens is 1. The molecule has 1 aromatic heterocycles. The normalized spacial score (nSPS) is 15.7. The third-order valence-electron chi connectivity index (χ3n) is 4.17. The molecule has 1 aromatic carbocycles. The molecule has 1 amide bonds. The summed E-state index contributed by atoms with van der Waals surface area (Å²) in [5, 5.41) is 4.12. The van der Waals surface area contributed by atoms with E-state index in [0.29, 0.717) is 24.1 Å². The van der Waals surface area contributed by atoms with Crippen LogP contribution in [0.2, 0.25) is 0 Å². The van der Waals surface area contributed by atoms with Crippen LogP contribution in [0, 0.1) is 6.92 Å². The molecular formula is C18H19N3O2. The number of hydrogen-bond acceptors (Lipinski definition) is 3. The third-order valence-corrected chi connectivity index (χ3v) is 4.17. The monoisotopic (exact) mass is 309 g/mol. The fourth-order valence-corrected chi connectivity index (χ4v) is 2.64. The number of nitrogens with zero attached hydrogens (tertiary/aromatic N) is 1. The van der Waals surface area contributed by atoms with Gasteiger partial charge in [0.15, 0.2) is 0 Å². The van der Waals surface area contributed by atoms with Gasteiger partial charge in [0.25, 0.3) is 0 Å². The van der Waals surface area contributed by atoms with E-state index in [9.17, 15) is 9.59 Å². The number of H-pyrrole nitrogens is 1. The summed E-state index contributed by atoms with van der Waals surface area (Å²) in [5.74, 6) is -0.0415. The van der Waals surface area contributed by atoms with Crippen LogP contribution in [0.5, 0.6) is 0 Å². The molecule has 0 saturated heterocycles. The van der Waals surface area contributed by atoms with Crippen molar-refractivity contribution < 1.29 is 9.59 Å². The molecule has 0 spiro atoms. The van der Waals surface area contributed by atoms with Gasteiger partial charge in [0.1, 0.15) is 0 Å². The Bertz CT molecular complexity index is 772. The second-order valence-corrected chi connectivity index (χ2v) is 5.88. The third kappa shape index (κ3) is 3.23. The quantitative estimate of drug-likeness (QED) is 0.852. The molecule has 0 aliphatic carbocycles. The van der Waals surface area contributed by atoms with Crippen molar-refractivity contribution in [2.24, 2.45) is 5.10 Å². The van der Waals surface area contributed by atoms with E-state index in [4.69, 9.17) is 0 Å². The standard InChI is InChI=1S/C18H19N3O2/c1-11-3-5-13(6-4-11)18(23)16-8-7-14(19-16)12(2)15-9-10-17(22)21-20-15/h3-8,12,19H,9-10H2,1-2H3,(H,21,22). The Morgan fingerprint density at radius 3 is 2.52 bits per heavy atom. The number of carbonyl (C=O) groups is 2. The molecule has 0 bridgehead atoms. The lowest BCUT2D eigenvalue weighted by Gasteiger charge is -2.17. The first-order chi connectivity index (χ1) is 11.0. The molecule has 2 heterocycles. The van der Waals surface area contributed by atoms with Crippen LogP contribution in [0.4, 0.5) is 0 Å². The lowest BCUT2D eigenvalue weighted by atomic mass is 9.97. The van der Waals surface area contributed by atoms with Crippen molar-refractivity contribution in [2.45, 2.75) is 32.6 Å². The van der Waals surface area contributed by atoms with Gasteiger partial charge in [-0.15, -0.1) is 0 Å². The van der Waals surface area contributed by atoms with E-state index in [2.05, 4.69) is 15.5 Å². The second-order valence-electron chi connectivity index (χ2n) is 5.88. The average molecular weight is 309 g/mol. The van der Waals surface area contributed by atoms with Crippen molar-refractivity contribution in [3.8, 4) is 0 Å². The maximum absolute atomic E-state index is 12.5. The summed E-state index contributed by atoms with van der Waals surface area (Å²) < 4.78 is 0. The maximum Gasteiger partial charge on any atom is 0.240 e. The van der Waals surface area contributed by atoms with Crippen molar-refractivity contribution in [2.75, 3.05) is 0 Å². The maximum atomic E-state index is 12.5. The first kappa shape index (κ1) is 15.2. The molecule has 5 nitrogen and oxygen atoms in total. The number of nitrogens with one attached hydrogen (secondary N) is 2. The van der Waals surface area contributed by atoms with Crippen molar-refractivity contribution in [3.05, 3.63) is 58.9 Å². The number of aryl methyl sites for hydroxylation is 1. The van der Waals surface area contributed by atoms with Crippen molar-refractivity contribution in [3.63, 3.8) is 0 Å². The molecule has 0 saturated carbocycles. The van der Waals surface area contributed by atoms with Gasteiger partial charge >= 0.3 is 0 Å². The number of rotatable bonds is 4. The summed E-state index contributed by atoms with van der Waals surface area (Å²) >= 11 is 0. The number of aromatic amines is 1. The Morgan fingerprint density at radius 2 is 1.87 bits per heavy atom. The Balaban J connectivity index is 1.78. The number of ketones is 1. The lowest BCUT2D eigenvalue weighted by molar-refractivity contribution is -0.121. The number of hydrazone groups is 1. The zero-order valence-corrected chi connectivity index (χ0v) is 13.2. The minimum Gasteiger partial charge on any atom is -0.355 e. The molecule has 1 aliphatic heterocycles. The van der Waals surface area contributed by atoms with Crippen LogP contribution in [0.15, 0.2) is 41.5 Å². The van der Waals surface area contributed by atoms with Gasteiger partial charge in [-0.25, -0.2) is 5.43 Å². The summed E-state index contributed by atoms with van der Waals surface area (Å²) in [4.78, 5) is 26.9. The molecule has 1 aliphatic rings. The van der Waals surface area contributed by atoms with E-state index in [1.807, 2.05) is 44.2 Å². The highest BCUT2D eigenvalue weighted by molar-refractivity contribution is 6.08. The van der Waals surface area contributed by atoms with Crippen molar-refractivity contribution in [1.82, 2.24) is 10.4 Å². The molecule has 1 unspecified atom stereocenters. The van der Waals surface area contributed by atoms with Gasteiger partial charge in [0, 0.05) is 29.3 Å². The Hall–Kier alpha value is -2.69. The van der Waals surface area contributed by atoms with Crippen LogP contribution in [0.1, 0.15) is 53.0 Å². The molecule has 2 N–H and O–H groups in total. The summed E-state index contributed by atoms with van der Waals surface area (Å²) in [6.45, 7) is 4.01. The predicted molar refractivity (Wildman–Crippen MR) is 88.6 cm³/mol. The van der Waals surface area contributed by atoms with Gasteiger partial charge in [-0.2, -0.15) is 5.10 Å². The molecule has 23 heavy (non-hydrogen) atoms. The minimum atomic E-state index is -0.0531. The smallest absolute Gasteiger partial charge is 0.240 e. The summed E-state index contributed by atoms with van der Waals surface area (Å²) in [5.41, 5.74) is 6.71. The largest absolute Gasteiger partial charge is 0.355 e. The SMILES string of the molecule is Cc1ccc(C(=O)c2ccc(C(C)C3=NNC(=O)CC3)[nH]2)cc1. The van der Waals surface area contributed by atoms with E-state index in [0.717, 1.165) is 17.0 Å². The zero-order chi connectivity index (χ0) is 16.4. The summed E-state index contributed by atoms with van der Waals surface area (Å²) in [6.07, 6.45) is 1.10. The molecular weight excluding hydrogens is 290 g/mol. The highest BCUT2D eigenvalue weighted by Crippen LogP contribution is 2.21. The van der Waals surface area contributed by atoms with E-state index in [1.54, 1.807) is 6.07 Å². The topological polar surface area (TPSA) is 74.3 Å². The van der Waals surface area contributed by atoms with E-state index in [-0.39, 0.29) is 17.6 Å². The van der Waals surface area contributed by atoms with Crippen molar-refractivity contribution in [1.29, 1.82) is 0 Å². The van der Waals surface area contributed by atoms with Crippen LogP contribution in [0.3, 0.4) is 0 Å². The number of benzene rings is 1. The predicted octanol–water partition coefficient (Wildman–Crippen LogP) is 2.92. The van der Waals surface area contributed by atoms with Crippen LogP contribution < -0.4 is 5.43 Å². The van der Waals surface area contributed by atoms with Gasteiger partial charge in [0.05, 0.1) is 5.69 Å². The van der Waals surface area contributed by atoms with E-state index >= 15 is 0 Å². The van der Waals surface area contributed by atoms with Crippen molar-refractivity contribution >= 4 is 17.4 Å². The van der Waals surface area contributed by atoms with Gasteiger partial charge in [0.2, 0.25) is 11.7 Å². The summed E-state index contributed by atoms with van der Waals surface area (Å²) in [7, 11) is 0. The lowest BCUT2D eigenvalue weighted by Crippen LogP contribution is -2.28. The first-order valence-electron chi connectivity index (χ1n) is 7.70. The highest BCUT2D eigenvalue weighted by atomic mass is 16.2. The van der Waals surface area contributed by atoms with Gasteiger partial charge < -0.3 is 4.98 Å². The number of amides is 1. The Morgan fingerprint density at radius 1 is 1.13 bits per heavy atom. The molecule has 118 valence electrons. The van der Waals surface area contributed by atoms with E-state index < -0.39 is 0 Å². The number of carbonyl (C=O) groups excluding carboxylic acids is 2. The zero-order valence-electron chi connectivity index (χ0n) is 13.2. The van der Waals surface area contributed by atoms with E-state index in [1.165, 1.54) is 0 Å². The van der Waals surface area contributed by atoms with Gasteiger partial charge in [-0.1, -0.05) is 36.8 Å². The molecule has 2 aromatic rings. The molecule has 3 rings (SSSR count). The Labute approximate surface area is 134 Å². The van der Waals surface area contributed by atoms with Crippen LogP contribution >= 0.6 is 0 Å². The number of hydrogen-bond donors (Lipinski definition) is 2. The molecule has 1 atom stereocenters. The Kier molecular flexibility index (Phi) is 4.10. The van der Waals surface area contributed by atoms with Crippen LogP contribution in [-0.4, -0.2) is 22.4 Å². The minimum absolute atomic E-state index is 0.0256. The fraction of sp³-hybridized carbons (Fsp3) is 0.278. The van der Waals surface area contributed by atoms with Crippen LogP contribution in [-0.2, 0) is 4.79 Å². The summed E-state index contributed by atoms with van der Waals surface area (Å²) in [6, 6.07) is 11.2. The molecule has 5 heteroatoms. The fourth-order valence-electron chi connectivity index (χ4n) is 2.64. The molecule has 0 radical (unpaired) electrons. The second kappa shape index (κ2) is 6.20.